The van der Waals surface area contributed by atoms with Crippen LogP contribution in [0, 0.1) is 0 Å². The number of primary amides is 1. The first-order chi connectivity index (χ1) is 12.0. The molecule has 2 aromatic heterocycles. The van der Waals surface area contributed by atoms with Gasteiger partial charge < -0.3 is 15.4 Å². The number of aromatic nitrogens is 2. The molecule has 0 aliphatic carbocycles. The van der Waals surface area contributed by atoms with Gasteiger partial charge in [0.15, 0.2) is 0 Å². The van der Waals surface area contributed by atoms with Crippen LogP contribution >= 0.6 is 0 Å². The summed E-state index contributed by atoms with van der Waals surface area (Å²) in [7, 11) is 0. The lowest BCUT2D eigenvalue weighted by Gasteiger charge is -2.33. The molecule has 0 bridgehead atoms. The minimum absolute atomic E-state index is 0.0695. The Morgan fingerprint density at radius 2 is 1.80 bits per heavy atom. The summed E-state index contributed by atoms with van der Waals surface area (Å²) in [6, 6.07) is 6.56. The van der Waals surface area contributed by atoms with Gasteiger partial charge >= 0.3 is 6.09 Å². The number of carbonyl (C=O) groups is 1. The fraction of sp³-hybridized carbons (Fsp3) is 0.471. The van der Waals surface area contributed by atoms with E-state index in [4.69, 9.17) is 10.5 Å². The number of rotatable bonds is 3. The number of likely N-dealkylation sites (tertiary alicyclic amines) is 1. The highest BCUT2D eigenvalue weighted by Crippen LogP contribution is 2.25. The molecule has 1 unspecified atom stereocenters. The molecule has 8 heteroatoms. The second-order valence-electron chi connectivity index (χ2n) is 6.69. The predicted octanol–water partition coefficient (Wildman–Crippen LogP) is 0.278. The zero-order valence-electron chi connectivity index (χ0n) is 13.8. The molecule has 1 atom stereocenters. The Morgan fingerprint density at radius 3 is 2.48 bits per heavy atom. The van der Waals surface area contributed by atoms with Crippen LogP contribution in [-0.4, -0.2) is 45.9 Å². The van der Waals surface area contributed by atoms with Crippen molar-refractivity contribution in [3.63, 3.8) is 0 Å². The summed E-state index contributed by atoms with van der Waals surface area (Å²) in [6.07, 6.45) is 0.578. The van der Waals surface area contributed by atoms with E-state index in [-0.39, 0.29) is 23.3 Å². The Bertz CT molecular complexity index is 935. The number of hydrogen-bond donors (Lipinski definition) is 1. The lowest BCUT2D eigenvalue weighted by molar-refractivity contribution is 0.0520. The maximum Gasteiger partial charge on any atom is 0.404 e. The SMILES string of the molecule is NC(=O)OC1CCN(CC2Cn3c(=O)ccc4ccc(=O)n2c43)CC1. The fourth-order valence-electron chi connectivity index (χ4n) is 3.96. The van der Waals surface area contributed by atoms with E-state index in [1.807, 2.05) is 0 Å². The van der Waals surface area contributed by atoms with Crippen LogP contribution in [0.4, 0.5) is 4.79 Å². The predicted molar refractivity (Wildman–Crippen MR) is 91.6 cm³/mol. The highest BCUT2D eigenvalue weighted by molar-refractivity contribution is 5.76. The van der Waals surface area contributed by atoms with E-state index in [1.54, 1.807) is 33.4 Å². The van der Waals surface area contributed by atoms with Gasteiger partial charge in [0.1, 0.15) is 11.8 Å². The maximum atomic E-state index is 12.4. The maximum absolute atomic E-state index is 12.4. The lowest BCUT2D eigenvalue weighted by atomic mass is 10.1. The Kier molecular flexibility index (Phi) is 3.84. The van der Waals surface area contributed by atoms with Gasteiger partial charge in [0.25, 0.3) is 11.1 Å². The quantitative estimate of drug-likeness (QED) is 0.862. The summed E-state index contributed by atoms with van der Waals surface area (Å²) in [4.78, 5) is 37.6. The van der Waals surface area contributed by atoms with Crippen molar-refractivity contribution in [3.05, 3.63) is 45.0 Å². The van der Waals surface area contributed by atoms with Crippen molar-refractivity contribution in [2.24, 2.45) is 5.73 Å². The van der Waals surface area contributed by atoms with Crippen LogP contribution < -0.4 is 16.9 Å². The van der Waals surface area contributed by atoms with Crippen LogP contribution in [0.3, 0.4) is 0 Å². The summed E-state index contributed by atoms with van der Waals surface area (Å²) in [5, 5.41) is 0.898. The van der Waals surface area contributed by atoms with Crippen LogP contribution in [0.5, 0.6) is 0 Å². The number of hydrogen-bond acceptors (Lipinski definition) is 5. The Balaban J connectivity index is 1.54. The van der Waals surface area contributed by atoms with Crippen molar-refractivity contribution in [1.29, 1.82) is 0 Å². The molecule has 0 aromatic carbocycles. The smallest absolute Gasteiger partial charge is 0.404 e. The molecule has 2 aromatic rings. The minimum Gasteiger partial charge on any atom is -0.446 e. The number of ether oxygens (including phenoxy) is 1. The Labute approximate surface area is 143 Å². The third-order valence-corrected chi connectivity index (χ3v) is 5.10. The molecule has 2 aliphatic rings. The van der Waals surface area contributed by atoms with E-state index in [9.17, 15) is 14.4 Å². The zero-order valence-corrected chi connectivity index (χ0v) is 13.8. The lowest BCUT2D eigenvalue weighted by Crippen LogP contribution is -2.42. The third kappa shape index (κ3) is 2.82. The van der Waals surface area contributed by atoms with Crippen molar-refractivity contribution < 1.29 is 9.53 Å². The molecule has 0 spiro atoms. The van der Waals surface area contributed by atoms with E-state index in [0.717, 1.165) is 31.3 Å². The number of pyridine rings is 2. The Hall–Kier alpha value is -2.61. The third-order valence-electron chi connectivity index (χ3n) is 5.10. The number of nitrogens with zero attached hydrogens (tertiary/aromatic N) is 3. The van der Waals surface area contributed by atoms with Crippen molar-refractivity contribution in [2.75, 3.05) is 19.6 Å². The highest BCUT2D eigenvalue weighted by atomic mass is 16.6. The summed E-state index contributed by atoms with van der Waals surface area (Å²) in [6.45, 7) is 2.73. The molecule has 1 amide bonds. The first-order valence-corrected chi connectivity index (χ1v) is 8.46. The summed E-state index contributed by atoms with van der Waals surface area (Å²) >= 11 is 0. The van der Waals surface area contributed by atoms with Gasteiger partial charge in [0.05, 0.1) is 6.04 Å². The molecule has 0 saturated carbocycles. The molecule has 2 N–H and O–H groups in total. The molecule has 132 valence electrons. The number of nitrogens with two attached hydrogens (primary N) is 1. The van der Waals surface area contributed by atoms with Crippen molar-refractivity contribution in [3.8, 4) is 0 Å². The largest absolute Gasteiger partial charge is 0.446 e. The van der Waals surface area contributed by atoms with Crippen molar-refractivity contribution in [2.45, 2.75) is 31.5 Å². The van der Waals surface area contributed by atoms with Gasteiger partial charge in [-0.25, -0.2) is 4.79 Å². The van der Waals surface area contributed by atoms with Crippen LogP contribution in [0.1, 0.15) is 18.9 Å². The van der Waals surface area contributed by atoms with Gasteiger partial charge in [-0.3, -0.25) is 18.7 Å². The molecule has 8 nitrogen and oxygen atoms in total. The molecule has 25 heavy (non-hydrogen) atoms. The molecule has 1 fully saturated rings. The van der Waals surface area contributed by atoms with E-state index >= 15 is 0 Å². The van der Waals surface area contributed by atoms with Gasteiger partial charge in [-0.15, -0.1) is 0 Å². The fourth-order valence-corrected chi connectivity index (χ4v) is 3.96. The van der Waals surface area contributed by atoms with Gasteiger partial charge in [0.2, 0.25) is 0 Å². The van der Waals surface area contributed by atoms with Crippen molar-refractivity contribution >= 4 is 17.1 Å². The molecule has 2 aliphatic heterocycles. The standard InChI is InChI=1S/C17H20N4O4/c18-17(24)25-13-5-7-19(8-6-13)9-12-10-20-14(22)3-1-11-2-4-15(23)21(12)16(11)20/h1-4,12-13H,5-10H2,(H2,18,24). The number of carbonyl (C=O) groups excluding carboxylic acids is 1. The summed E-state index contributed by atoms with van der Waals surface area (Å²) in [5.74, 6) is 0. The molecule has 0 radical (unpaired) electrons. The van der Waals surface area contributed by atoms with Crippen LogP contribution in [-0.2, 0) is 11.3 Å². The van der Waals surface area contributed by atoms with Gasteiger partial charge in [-0.1, -0.05) is 0 Å². The second-order valence-corrected chi connectivity index (χ2v) is 6.69. The van der Waals surface area contributed by atoms with E-state index in [1.165, 1.54) is 0 Å². The topological polar surface area (TPSA) is 99.6 Å². The summed E-state index contributed by atoms with van der Waals surface area (Å²) in [5.41, 5.74) is 5.61. The molecule has 1 saturated heterocycles. The monoisotopic (exact) mass is 344 g/mol. The molecular weight excluding hydrogens is 324 g/mol. The first kappa shape index (κ1) is 15.9. The van der Waals surface area contributed by atoms with Crippen LogP contribution in [0.2, 0.25) is 0 Å². The Morgan fingerprint density at radius 1 is 1.12 bits per heavy atom. The molecular formula is C17H20N4O4. The van der Waals surface area contributed by atoms with Crippen LogP contribution in [0.25, 0.3) is 11.0 Å². The van der Waals surface area contributed by atoms with Crippen LogP contribution in [0.15, 0.2) is 33.9 Å². The van der Waals surface area contributed by atoms with Crippen molar-refractivity contribution in [1.82, 2.24) is 14.0 Å². The molecule has 4 rings (SSSR count). The summed E-state index contributed by atoms with van der Waals surface area (Å²) < 4.78 is 8.48. The van der Waals surface area contributed by atoms with E-state index < -0.39 is 6.09 Å². The number of amides is 1. The zero-order chi connectivity index (χ0) is 17.6. The van der Waals surface area contributed by atoms with Gasteiger partial charge in [-0.2, -0.15) is 0 Å². The highest BCUT2D eigenvalue weighted by Gasteiger charge is 2.29. The second kappa shape index (κ2) is 6.03. The minimum atomic E-state index is -0.734. The molecule has 4 heterocycles. The normalized spacial score (nSPS) is 20.9. The average molecular weight is 344 g/mol. The van der Waals surface area contributed by atoms with Gasteiger partial charge in [0, 0.05) is 43.7 Å². The average Bonchev–Trinajstić information content (AvgIpc) is 2.96. The van der Waals surface area contributed by atoms with Gasteiger partial charge in [-0.05, 0) is 25.0 Å². The first-order valence-electron chi connectivity index (χ1n) is 8.46. The van der Waals surface area contributed by atoms with E-state index in [0.29, 0.717) is 18.7 Å². The number of piperidine rings is 1. The van der Waals surface area contributed by atoms with E-state index in [2.05, 4.69) is 4.90 Å².